The van der Waals surface area contributed by atoms with Gasteiger partial charge in [0.15, 0.2) is 0 Å². The van der Waals surface area contributed by atoms with Crippen molar-refractivity contribution in [1.82, 2.24) is 13.7 Å². The molecular weight excluding hydrogens is 949 g/mol. The third-order valence-electron chi connectivity index (χ3n) is 15.9. The quantitative estimate of drug-likeness (QED) is 0.141. The molecule has 0 atom stereocenters. The Morgan fingerprint density at radius 2 is 0.547 bits per heavy atom. The minimum atomic E-state index is -4.49. The first-order chi connectivity index (χ1) is 35.6. The molecule has 0 saturated heterocycles. The van der Waals surface area contributed by atoms with E-state index in [1.54, 1.807) is 12.1 Å². The molecule has 0 aliphatic carbocycles. The van der Waals surface area contributed by atoms with Crippen LogP contribution in [0.2, 0.25) is 0 Å². The second-order valence-electron chi connectivity index (χ2n) is 21.7. The highest BCUT2D eigenvalue weighted by Crippen LogP contribution is 2.45. The van der Waals surface area contributed by atoms with Gasteiger partial charge in [-0.25, -0.2) is 0 Å². The van der Waals surface area contributed by atoms with Crippen LogP contribution in [-0.4, -0.2) is 13.7 Å². The molecule has 0 bridgehead atoms. The summed E-state index contributed by atoms with van der Waals surface area (Å²) < 4.78 is 91.4. The lowest BCUT2D eigenvalue weighted by Gasteiger charge is -2.27. The lowest BCUT2D eigenvalue weighted by atomic mass is 9.76. The summed E-state index contributed by atoms with van der Waals surface area (Å²) in [6, 6.07) is 56.4. The van der Waals surface area contributed by atoms with Crippen LogP contribution in [0, 0.1) is 27.7 Å². The van der Waals surface area contributed by atoms with Crippen molar-refractivity contribution in [1.29, 1.82) is 0 Å². The fourth-order valence-corrected chi connectivity index (χ4v) is 11.6. The molecule has 0 saturated carbocycles. The minimum Gasteiger partial charge on any atom is -0.309 e. The van der Waals surface area contributed by atoms with Crippen molar-refractivity contribution >= 4 is 65.4 Å². The number of hydrogen-bond donors (Lipinski definition) is 0. The van der Waals surface area contributed by atoms with E-state index in [4.69, 9.17) is 0 Å². The summed E-state index contributed by atoms with van der Waals surface area (Å²) in [5.74, 6) is 0. The van der Waals surface area contributed by atoms with Crippen molar-refractivity contribution < 1.29 is 26.3 Å². The van der Waals surface area contributed by atoms with Crippen LogP contribution in [0.15, 0.2) is 176 Å². The Morgan fingerprint density at radius 1 is 0.253 bits per heavy atom. The van der Waals surface area contributed by atoms with E-state index in [9.17, 15) is 26.3 Å². The summed E-state index contributed by atoms with van der Waals surface area (Å²) in [4.78, 5) is 0. The van der Waals surface area contributed by atoms with Gasteiger partial charge in [-0.15, -0.1) is 0 Å². The predicted molar refractivity (Wildman–Crippen MR) is 296 cm³/mol. The second kappa shape index (κ2) is 16.7. The Kier molecular flexibility index (Phi) is 10.7. The molecule has 12 aromatic rings. The van der Waals surface area contributed by atoms with Crippen molar-refractivity contribution in [3.63, 3.8) is 0 Å². The van der Waals surface area contributed by atoms with Gasteiger partial charge in [0.25, 0.3) is 0 Å². The van der Waals surface area contributed by atoms with Crippen molar-refractivity contribution in [2.45, 2.75) is 78.6 Å². The smallest absolute Gasteiger partial charge is 0.309 e. The van der Waals surface area contributed by atoms with Crippen LogP contribution in [0.3, 0.4) is 0 Å². The number of aromatic nitrogens is 3. The SMILES string of the molecule is Cc1ccc(-n2c3ccc(C(F)(F)F)cc3c3ccc(C(C)(C)c4ccc5c(c4)c4cc(C(C)(C)c6ccc7c8cc(C(F)(F)F)ccc8n(-c8ccc(C)cc8)c7c6)ccc4n5-c4cc(C)cc(C)c4)cc32)cc1. The first-order valence-corrected chi connectivity index (χ1v) is 25.2. The zero-order chi connectivity index (χ0) is 52.7. The zero-order valence-corrected chi connectivity index (χ0v) is 42.9. The number of hydrogen-bond acceptors (Lipinski definition) is 0. The number of nitrogens with zero attached hydrogens (tertiary/aromatic N) is 3. The average molecular weight is 1000 g/mol. The molecule has 0 aliphatic rings. The third-order valence-corrected chi connectivity index (χ3v) is 15.9. The fourth-order valence-electron chi connectivity index (χ4n) is 11.6. The highest BCUT2D eigenvalue weighted by atomic mass is 19.4. The summed E-state index contributed by atoms with van der Waals surface area (Å²) in [5, 5.41) is 4.69. The Bertz CT molecular complexity index is 4020. The van der Waals surface area contributed by atoms with E-state index in [-0.39, 0.29) is 0 Å². The van der Waals surface area contributed by atoms with Crippen LogP contribution < -0.4 is 0 Å². The summed E-state index contributed by atoms with van der Waals surface area (Å²) in [6.45, 7) is 17.0. The van der Waals surface area contributed by atoms with Gasteiger partial charge in [0.2, 0.25) is 0 Å². The van der Waals surface area contributed by atoms with Gasteiger partial charge in [-0.2, -0.15) is 26.3 Å². The van der Waals surface area contributed by atoms with E-state index in [2.05, 4.69) is 134 Å². The van der Waals surface area contributed by atoms with Gasteiger partial charge in [-0.05, 0) is 170 Å². The van der Waals surface area contributed by atoms with Gasteiger partial charge in [0, 0.05) is 60.2 Å². The summed E-state index contributed by atoms with van der Waals surface area (Å²) >= 11 is 0. The molecule has 374 valence electrons. The fraction of sp³-hybridized carbons (Fsp3) is 0.182. The number of rotatable bonds is 7. The molecule has 75 heavy (non-hydrogen) atoms. The van der Waals surface area contributed by atoms with E-state index in [0.29, 0.717) is 21.8 Å². The first-order valence-electron chi connectivity index (χ1n) is 25.2. The molecule has 3 nitrogen and oxygen atoms in total. The Morgan fingerprint density at radius 3 is 0.907 bits per heavy atom. The maximum Gasteiger partial charge on any atom is 0.416 e. The summed E-state index contributed by atoms with van der Waals surface area (Å²) in [5.41, 5.74) is 14.0. The number of benzene rings is 9. The van der Waals surface area contributed by atoms with Gasteiger partial charge in [-0.3, -0.25) is 0 Å². The summed E-state index contributed by atoms with van der Waals surface area (Å²) in [7, 11) is 0. The minimum absolute atomic E-state index is 0.539. The van der Waals surface area contributed by atoms with Crippen LogP contribution in [0.1, 0.15) is 83.3 Å². The van der Waals surface area contributed by atoms with Crippen LogP contribution in [0.4, 0.5) is 26.3 Å². The molecule has 0 radical (unpaired) electrons. The van der Waals surface area contributed by atoms with Gasteiger partial charge in [0.05, 0.1) is 44.2 Å². The van der Waals surface area contributed by atoms with Crippen LogP contribution in [0.25, 0.3) is 82.5 Å². The van der Waals surface area contributed by atoms with Gasteiger partial charge >= 0.3 is 12.4 Å². The standard InChI is InChI=1S/C66H53F6N3/c1-38-9-19-48(20-10-38)73-57-27-17-46(65(67,68)69)34-53(57)51-23-13-44(36-61(51)73)63(5,6)42-15-25-59-55(32-42)56-33-43(16-26-60(56)75(59)50-30-40(3)29-41(4)31-50)64(7,8)45-14-24-52-54-35-47(66(70,71)72)18-28-58(54)74(62(52)37-45)49-21-11-39(2)12-22-49/h9-37H,1-8H3. The maximum absolute atomic E-state index is 14.2. The molecule has 3 heterocycles. The van der Waals surface area contributed by atoms with Crippen molar-refractivity contribution in [2.75, 3.05) is 0 Å². The molecule has 12 rings (SSSR count). The molecule has 0 N–H and O–H groups in total. The molecule has 3 aromatic heterocycles. The Balaban J connectivity index is 1.03. The normalized spacial score (nSPS) is 12.9. The van der Waals surface area contributed by atoms with Gasteiger partial charge < -0.3 is 13.7 Å². The molecule has 0 amide bonds. The van der Waals surface area contributed by atoms with Gasteiger partial charge in [-0.1, -0.05) is 106 Å². The molecule has 9 aromatic carbocycles. The number of alkyl halides is 6. The zero-order valence-electron chi connectivity index (χ0n) is 42.9. The van der Waals surface area contributed by atoms with E-state index < -0.39 is 34.3 Å². The predicted octanol–water partition coefficient (Wildman–Crippen LogP) is 18.9. The topological polar surface area (TPSA) is 14.8 Å². The Labute approximate surface area is 430 Å². The lowest BCUT2D eigenvalue weighted by molar-refractivity contribution is -0.138. The molecule has 0 aliphatic heterocycles. The van der Waals surface area contributed by atoms with Crippen LogP contribution in [-0.2, 0) is 23.2 Å². The largest absolute Gasteiger partial charge is 0.416 e. The molecule has 0 unspecified atom stereocenters. The average Bonchev–Trinajstić information content (AvgIpc) is 4.02. The number of fused-ring (bicyclic) bond motifs is 9. The number of halogens is 6. The monoisotopic (exact) mass is 1000 g/mol. The highest BCUT2D eigenvalue weighted by molar-refractivity contribution is 6.12. The van der Waals surface area contributed by atoms with E-state index in [0.717, 1.165) is 117 Å². The highest BCUT2D eigenvalue weighted by Gasteiger charge is 2.34. The molecule has 9 heteroatoms. The second-order valence-corrected chi connectivity index (χ2v) is 21.7. The van der Waals surface area contributed by atoms with E-state index >= 15 is 0 Å². The lowest BCUT2D eigenvalue weighted by Crippen LogP contribution is -2.19. The van der Waals surface area contributed by atoms with Crippen molar-refractivity contribution in [3.05, 3.63) is 232 Å². The van der Waals surface area contributed by atoms with Crippen LogP contribution in [0.5, 0.6) is 0 Å². The summed E-state index contributed by atoms with van der Waals surface area (Å²) in [6.07, 6.45) is -8.97. The van der Waals surface area contributed by atoms with E-state index in [1.165, 1.54) is 12.1 Å². The van der Waals surface area contributed by atoms with Crippen molar-refractivity contribution in [3.8, 4) is 17.1 Å². The Hall–Kier alpha value is -8.04. The molecule has 0 fully saturated rings. The van der Waals surface area contributed by atoms with Crippen LogP contribution >= 0.6 is 0 Å². The van der Waals surface area contributed by atoms with Crippen molar-refractivity contribution in [2.24, 2.45) is 0 Å². The van der Waals surface area contributed by atoms with Gasteiger partial charge in [0.1, 0.15) is 0 Å². The molecule has 0 spiro atoms. The molecular formula is C66H53F6N3. The number of aryl methyl sites for hydroxylation is 4. The first kappa shape index (κ1) is 47.9. The third kappa shape index (κ3) is 7.80. The van der Waals surface area contributed by atoms with E-state index in [1.807, 2.05) is 74.5 Å². The maximum atomic E-state index is 14.2.